The summed E-state index contributed by atoms with van der Waals surface area (Å²) in [5.41, 5.74) is 0. The van der Waals surface area contributed by atoms with Crippen LogP contribution in [-0.2, 0) is 0 Å². The van der Waals surface area contributed by atoms with Crippen molar-refractivity contribution in [3.05, 3.63) is 24.8 Å². The van der Waals surface area contributed by atoms with Gasteiger partial charge in [-0.15, -0.1) is 6.58 Å². The highest BCUT2D eigenvalue weighted by molar-refractivity contribution is 5.52. The molecule has 0 radical (unpaired) electrons. The number of unbranched alkanes of at least 4 members (excludes halogenated alkanes) is 2. The fourth-order valence-electron chi connectivity index (χ4n) is 0.736. The van der Waals surface area contributed by atoms with Crippen molar-refractivity contribution in [2.45, 2.75) is 102 Å². The lowest BCUT2D eigenvalue weighted by Gasteiger charge is -1.90. The van der Waals surface area contributed by atoms with E-state index in [9.17, 15) is 0 Å². The standard InChI is InChI=1S/C7H12.C5H12.C3H7N.C3H8.2C2H6/c1-4-6-7(3)5-2;1-3-5-4-2;1-3-4-2;1-3-2;2*1-2/h4-7H,2H2,1,3H3;3-5H2,1-2H3;3H,1-2H3;3H2,1-2H3;2*1-2H3. The van der Waals surface area contributed by atoms with Crippen molar-refractivity contribution < 1.29 is 0 Å². The van der Waals surface area contributed by atoms with Crippen molar-refractivity contribution in [1.29, 1.82) is 0 Å². The van der Waals surface area contributed by atoms with Crippen LogP contribution >= 0.6 is 0 Å². The van der Waals surface area contributed by atoms with E-state index in [2.05, 4.69) is 52.3 Å². The topological polar surface area (TPSA) is 12.4 Å². The summed E-state index contributed by atoms with van der Waals surface area (Å²) in [5, 5.41) is 0. The second-order valence-electron chi connectivity index (χ2n) is 4.20. The number of hydrogen-bond donors (Lipinski definition) is 0. The molecule has 0 heterocycles. The molecule has 144 valence electrons. The largest absolute Gasteiger partial charge is 0.301 e. The molecular formula is C22H51N. The fraction of sp³-hybridized carbons (Fsp3) is 0.773. The fourth-order valence-corrected chi connectivity index (χ4v) is 0.736. The monoisotopic (exact) mass is 329 g/mol. The van der Waals surface area contributed by atoms with E-state index >= 15 is 0 Å². The number of nitrogens with zero attached hydrogens (tertiary/aromatic N) is 1. The number of allylic oxidation sites excluding steroid dienone is 3. The SMILES string of the molecule is C=CC(C)C=CC.CC.CC.CC=NC.CCC.CCCCC. The molecule has 0 N–H and O–H groups in total. The van der Waals surface area contributed by atoms with Crippen LogP contribution in [0.5, 0.6) is 0 Å². The van der Waals surface area contributed by atoms with Gasteiger partial charge in [-0.2, -0.15) is 0 Å². The Bertz CT molecular complexity index is 163. The molecule has 0 amide bonds. The first-order chi connectivity index (χ1) is 11.1. The molecule has 1 unspecified atom stereocenters. The predicted octanol–water partition coefficient (Wildman–Crippen LogP) is 8.76. The maximum atomic E-state index is 3.63. The zero-order valence-corrected chi connectivity index (χ0v) is 18.9. The van der Waals surface area contributed by atoms with E-state index in [1.807, 2.05) is 53.7 Å². The lowest BCUT2D eigenvalue weighted by molar-refractivity contribution is 0.772. The molecule has 1 atom stereocenters. The highest BCUT2D eigenvalue weighted by atomic mass is 14.6. The normalized spacial score (nSPS) is 9.22. The highest BCUT2D eigenvalue weighted by Gasteiger charge is 1.81. The van der Waals surface area contributed by atoms with E-state index in [0.717, 1.165) is 0 Å². The molecule has 0 aliphatic carbocycles. The predicted molar refractivity (Wildman–Crippen MR) is 118 cm³/mol. The van der Waals surface area contributed by atoms with Crippen molar-refractivity contribution >= 4 is 6.21 Å². The van der Waals surface area contributed by atoms with Crippen LogP contribution in [0.15, 0.2) is 29.8 Å². The molecule has 0 aliphatic heterocycles. The number of hydrogen-bond acceptors (Lipinski definition) is 1. The van der Waals surface area contributed by atoms with Crippen molar-refractivity contribution in [3.8, 4) is 0 Å². The molecule has 0 aliphatic rings. The van der Waals surface area contributed by atoms with E-state index in [0.29, 0.717) is 5.92 Å². The molecule has 0 spiro atoms. The first-order valence-corrected chi connectivity index (χ1v) is 9.67. The second kappa shape index (κ2) is 69.1. The zero-order chi connectivity index (χ0) is 19.9. The average molecular weight is 330 g/mol. The zero-order valence-electron chi connectivity index (χ0n) is 18.9. The molecule has 1 heteroatoms. The molecule has 23 heavy (non-hydrogen) atoms. The summed E-state index contributed by atoms with van der Waals surface area (Å²) < 4.78 is 0. The quantitative estimate of drug-likeness (QED) is 0.361. The molecule has 0 saturated carbocycles. The van der Waals surface area contributed by atoms with E-state index in [-0.39, 0.29) is 0 Å². The molecule has 0 aromatic carbocycles. The minimum Gasteiger partial charge on any atom is -0.301 e. The Morgan fingerprint density at radius 3 is 1.26 bits per heavy atom. The maximum absolute atomic E-state index is 3.63. The van der Waals surface area contributed by atoms with Crippen molar-refractivity contribution in [2.24, 2.45) is 10.9 Å². The third kappa shape index (κ3) is 152. The van der Waals surface area contributed by atoms with Gasteiger partial charge < -0.3 is 4.99 Å². The van der Waals surface area contributed by atoms with E-state index in [1.54, 1.807) is 13.3 Å². The van der Waals surface area contributed by atoms with Gasteiger partial charge in [0.15, 0.2) is 0 Å². The third-order valence-electron chi connectivity index (χ3n) is 1.83. The van der Waals surface area contributed by atoms with Gasteiger partial charge in [0.1, 0.15) is 0 Å². The van der Waals surface area contributed by atoms with E-state index in [4.69, 9.17) is 0 Å². The van der Waals surface area contributed by atoms with Crippen LogP contribution in [0, 0.1) is 5.92 Å². The van der Waals surface area contributed by atoms with Gasteiger partial charge >= 0.3 is 0 Å². The summed E-state index contributed by atoms with van der Waals surface area (Å²) in [5.74, 6) is 0.532. The Labute approximate surface area is 151 Å². The highest BCUT2D eigenvalue weighted by Crippen LogP contribution is 1.95. The van der Waals surface area contributed by atoms with Crippen LogP contribution in [-0.4, -0.2) is 13.3 Å². The molecule has 0 fully saturated rings. The van der Waals surface area contributed by atoms with Gasteiger partial charge in [-0.3, -0.25) is 0 Å². The Balaban J connectivity index is -0.0000000404. The Hall–Kier alpha value is -0.850. The van der Waals surface area contributed by atoms with Crippen LogP contribution in [0.4, 0.5) is 0 Å². The molecule has 0 saturated heterocycles. The summed E-state index contributed by atoms with van der Waals surface area (Å²) >= 11 is 0. The van der Waals surface area contributed by atoms with Crippen molar-refractivity contribution in [3.63, 3.8) is 0 Å². The van der Waals surface area contributed by atoms with Crippen LogP contribution in [0.1, 0.15) is 102 Å². The van der Waals surface area contributed by atoms with Gasteiger partial charge in [-0.05, 0) is 26.0 Å². The molecule has 0 rings (SSSR count). The van der Waals surface area contributed by atoms with Crippen LogP contribution in [0.2, 0.25) is 0 Å². The molecule has 0 aromatic heterocycles. The number of aliphatic imine (C=N–C) groups is 1. The first-order valence-electron chi connectivity index (χ1n) is 9.67. The maximum Gasteiger partial charge on any atom is 0.0273 e. The smallest absolute Gasteiger partial charge is 0.0273 e. The first kappa shape index (κ1) is 38.0. The van der Waals surface area contributed by atoms with Crippen LogP contribution < -0.4 is 0 Å². The third-order valence-corrected chi connectivity index (χ3v) is 1.83. The number of rotatable bonds is 4. The van der Waals surface area contributed by atoms with Crippen molar-refractivity contribution in [1.82, 2.24) is 0 Å². The van der Waals surface area contributed by atoms with Crippen molar-refractivity contribution in [2.75, 3.05) is 7.05 Å². The summed E-state index contributed by atoms with van der Waals surface area (Å²) in [6, 6.07) is 0. The molecule has 1 nitrogen and oxygen atoms in total. The Kier molecular flexibility index (Phi) is 114. The Morgan fingerprint density at radius 1 is 0.913 bits per heavy atom. The molecule has 0 bridgehead atoms. The summed E-state index contributed by atoms with van der Waals surface area (Å²) in [7, 11) is 1.75. The van der Waals surface area contributed by atoms with Gasteiger partial charge in [-0.25, -0.2) is 0 Å². The van der Waals surface area contributed by atoms with E-state index in [1.165, 1.54) is 25.7 Å². The van der Waals surface area contributed by atoms with Gasteiger partial charge in [0, 0.05) is 7.05 Å². The lowest BCUT2D eigenvalue weighted by atomic mass is 10.2. The van der Waals surface area contributed by atoms with E-state index < -0.39 is 0 Å². The summed E-state index contributed by atoms with van der Waals surface area (Å²) in [6.45, 7) is 26.3. The lowest BCUT2D eigenvalue weighted by Crippen LogP contribution is -1.76. The molecular weight excluding hydrogens is 278 g/mol. The minimum absolute atomic E-state index is 0.532. The van der Waals surface area contributed by atoms with Gasteiger partial charge in [0.05, 0.1) is 0 Å². The summed E-state index contributed by atoms with van der Waals surface area (Å²) in [6.07, 6.45) is 13.1. The summed E-state index contributed by atoms with van der Waals surface area (Å²) in [4.78, 5) is 3.61. The Morgan fingerprint density at radius 2 is 1.22 bits per heavy atom. The molecule has 0 aromatic rings. The average Bonchev–Trinajstić information content (AvgIpc) is 2.61. The van der Waals surface area contributed by atoms with Gasteiger partial charge in [0.25, 0.3) is 0 Å². The van der Waals surface area contributed by atoms with Gasteiger partial charge in [-0.1, -0.05) is 106 Å². The van der Waals surface area contributed by atoms with Gasteiger partial charge in [0.2, 0.25) is 0 Å². The second-order valence-corrected chi connectivity index (χ2v) is 4.20. The van der Waals surface area contributed by atoms with Crippen LogP contribution in [0.3, 0.4) is 0 Å². The van der Waals surface area contributed by atoms with Crippen LogP contribution in [0.25, 0.3) is 0 Å². The minimum atomic E-state index is 0.532.